The standard InChI is InChI=1S/C61H42O6/c62-59(63)43-21-17-39(18-22-43)37-66-57-31-29-49(35-53(57)47-27-25-41-9-1-3-11-45(41)33-47)61(55-15-7-5-13-51(55)52-14-6-8-16-56(52)61)50-30-32-58(67-38-40-19-23-44(24-20-40)60(64)65)54(36-50)48-28-26-42-10-2-4-12-46(42)34-48/h1-36H,37-38H2,(H,62,63)(H,64,65). The summed E-state index contributed by atoms with van der Waals surface area (Å²) in [5, 5.41) is 23.5. The summed E-state index contributed by atoms with van der Waals surface area (Å²) in [4.78, 5) is 23.2. The third-order valence-corrected chi connectivity index (χ3v) is 13.1. The molecule has 6 nitrogen and oxygen atoms in total. The van der Waals surface area contributed by atoms with Gasteiger partial charge in [0.15, 0.2) is 0 Å². The monoisotopic (exact) mass is 870 g/mol. The summed E-state index contributed by atoms with van der Waals surface area (Å²) in [5.74, 6) is -0.537. The van der Waals surface area contributed by atoms with E-state index in [1.807, 2.05) is 12.1 Å². The third-order valence-electron chi connectivity index (χ3n) is 13.1. The van der Waals surface area contributed by atoms with Crippen LogP contribution in [0.5, 0.6) is 11.5 Å². The van der Waals surface area contributed by atoms with Crippen LogP contribution in [0.1, 0.15) is 54.1 Å². The minimum Gasteiger partial charge on any atom is -0.488 e. The molecule has 1 aliphatic carbocycles. The van der Waals surface area contributed by atoms with Crippen molar-refractivity contribution in [3.63, 3.8) is 0 Å². The molecule has 0 spiro atoms. The molecule has 1 aliphatic rings. The Balaban J connectivity index is 1.12. The van der Waals surface area contributed by atoms with E-state index in [1.54, 1.807) is 48.5 Å². The molecule has 0 radical (unpaired) electrons. The van der Waals surface area contributed by atoms with Crippen molar-refractivity contribution >= 4 is 33.5 Å². The SMILES string of the molecule is O=C(O)c1ccc(COc2ccc(C3(c4ccc(OCc5ccc(C(=O)O)cc5)c(-c5ccc6ccccc6c5)c4)c4ccccc4-c4ccccc43)cc2-c2ccc3ccccc3c2)cc1. The molecule has 6 heteroatoms. The number of carboxylic acid groups (broad SMARTS) is 2. The molecule has 67 heavy (non-hydrogen) atoms. The first-order valence-electron chi connectivity index (χ1n) is 22.2. The molecule has 322 valence electrons. The topological polar surface area (TPSA) is 93.1 Å². The Morgan fingerprint density at radius 3 is 1.18 bits per heavy atom. The highest BCUT2D eigenvalue weighted by Crippen LogP contribution is 2.57. The van der Waals surface area contributed by atoms with Gasteiger partial charge in [-0.3, -0.25) is 0 Å². The number of benzene rings is 10. The first kappa shape index (κ1) is 41.0. The summed E-state index contributed by atoms with van der Waals surface area (Å²) in [7, 11) is 0. The molecule has 10 aromatic rings. The number of hydrogen-bond donors (Lipinski definition) is 2. The summed E-state index contributed by atoms with van der Waals surface area (Å²) in [6.07, 6.45) is 0. The Morgan fingerprint density at radius 2 is 0.761 bits per heavy atom. The molecule has 0 saturated carbocycles. The van der Waals surface area contributed by atoms with Crippen LogP contribution in [0.15, 0.2) is 218 Å². The molecular weight excluding hydrogens is 829 g/mol. The van der Waals surface area contributed by atoms with Gasteiger partial charge in [0, 0.05) is 11.1 Å². The van der Waals surface area contributed by atoms with Gasteiger partial charge in [0.2, 0.25) is 0 Å². The molecule has 11 rings (SSSR count). The maximum Gasteiger partial charge on any atom is 0.335 e. The number of rotatable bonds is 12. The van der Waals surface area contributed by atoms with E-state index in [0.29, 0.717) is 11.5 Å². The Bertz CT molecular complexity index is 3300. The predicted octanol–water partition coefficient (Wildman–Crippen LogP) is 14.2. The van der Waals surface area contributed by atoms with E-state index >= 15 is 0 Å². The van der Waals surface area contributed by atoms with Gasteiger partial charge in [0.25, 0.3) is 0 Å². The second kappa shape index (κ2) is 17.0. The fourth-order valence-corrected chi connectivity index (χ4v) is 9.78. The molecule has 0 aromatic heterocycles. The first-order valence-corrected chi connectivity index (χ1v) is 22.2. The van der Waals surface area contributed by atoms with E-state index in [0.717, 1.165) is 88.3 Å². The zero-order chi connectivity index (χ0) is 45.5. The van der Waals surface area contributed by atoms with Gasteiger partial charge in [-0.05, 0) is 138 Å². The van der Waals surface area contributed by atoms with Crippen LogP contribution in [-0.4, -0.2) is 22.2 Å². The van der Waals surface area contributed by atoms with Crippen molar-refractivity contribution in [1.82, 2.24) is 0 Å². The normalized spacial score (nSPS) is 12.4. The third kappa shape index (κ3) is 7.44. The van der Waals surface area contributed by atoms with Crippen molar-refractivity contribution in [2.45, 2.75) is 18.6 Å². The van der Waals surface area contributed by atoms with Gasteiger partial charge < -0.3 is 19.7 Å². The minimum atomic E-state index is -0.970. The molecule has 0 unspecified atom stereocenters. The van der Waals surface area contributed by atoms with Crippen LogP contribution < -0.4 is 9.47 Å². The van der Waals surface area contributed by atoms with Crippen molar-refractivity contribution in [2.24, 2.45) is 0 Å². The fraction of sp³-hybridized carbons (Fsp3) is 0.0492. The Morgan fingerprint density at radius 1 is 0.373 bits per heavy atom. The highest BCUT2D eigenvalue weighted by atomic mass is 16.5. The van der Waals surface area contributed by atoms with Gasteiger partial charge in [0.1, 0.15) is 24.7 Å². The second-order valence-electron chi connectivity index (χ2n) is 17.0. The van der Waals surface area contributed by atoms with E-state index in [-0.39, 0.29) is 24.3 Å². The summed E-state index contributed by atoms with van der Waals surface area (Å²) in [6.45, 7) is 0.494. The quantitative estimate of drug-likeness (QED) is 0.127. The molecule has 10 aromatic carbocycles. The van der Waals surface area contributed by atoms with Crippen LogP contribution in [0.3, 0.4) is 0 Å². The molecule has 0 heterocycles. The van der Waals surface area contributed by atoms with Crippen LogP contribution in [-0.2, 0) is 18.6 Å². The summed E-state index contributed by atoms with van der Waals surface area (Å²) >= 11 is 0. The van der Waals surface area contributed by atoms with Gasteiger partial charge >= 0.3 is 11.9 Å². The molecule has 0 amide bonds. The zero-order valence-electron chi connectivity index (χ0n) is 36.2. The second-order valence-corrected chi connectivity index (χ2v) is 17.0. The average Bonchev–Trinajstić information content (AvgIpc) is 3.68. The number of hydrogen-bond acceptors (Lipinski definition) is 4. The van der Waals surface area contributed by atoms with E-state index in [4.69, 9.17) is 9.47 Å². The lowest BCUT2D eigenvalue weighted by Crippen LogP contribution is -2.28. The lowest BCUT2D eigenvalue weighted by molar-refractivity contribution is 0.0686. The zero-order valence-corrected chi connectivity index (χ0v) is 36.2. The molecule has 0 saturated heterocycles. The molecule has 0 aliphatic heterocycles. The first-order chi connectivity index (χ1) is 32.8. The van der Waals surface area contributed by atoms with Gasteiger partial charge in [-0.15, -0.1) is 0 Å². The number of carbonyl (C=O) groups is 2. The van der Waals surface area contributed by atoms with Gasteiger partial charge in [-0.2, -0.15) is 0 Å². The van der Waals surface area contributed by atoms with Crippen LogP contribution in [0.4, 0.5) is 0 Å². The van der Waals surface area contributed by atoms with Crippen molar-refractivity contribution in [3.8, 4) is 44.9 Å². The lowest BCUT2D eigenvalue weighted by Gasteiger charge is -2.35. The number of carboxylic acids is 2. The largest absolute Gasteiger partial charge is 0.488 e. The summed E-state index contributed by atoms with van der Waals surface area (Å²) < 4.78 is 13.4. The number of ether oxygens (including phenoxy) is 2. The van der Waals surface area contributed by atoms with Gasteiger partial charge in [0.05, 0.1) is 16.5 Å². The van der Waals surface area contributed by atoms with Crippen LogP contribution >= 0.6 is 0 Å². The van der Waals surface area contributed by atoms with Crippen molar-refractivity contribution in [1.29, 1.82) is 0 Å². The van der Waals surface area contributed by atoms with Gasteiger partial charge in [-0.25, -0.2) is 9.59 Å². The van der Waals surface area contributed by atoms with Crippen molar-refractivity contribution in [2.75, 3.05) is 0 Å². The summed E-state index contributed by atoms with van der Waals surface area (Å²) in [5.41, 5.74) is 12.0. The molecule has 0 fully saturated rings. The van der Waals surface area contributed by atoms with Crippen molar-refractivity contribution < 1.29 is 29.3 Å². The van der Waals surface area contributed by atoms with E-state index in [1.165, 1.54) is 0 Å². The maximum atomic E-state index is 11.6. The smallest absolute Gasteiger partial charge is 0.335 e. The lowest BCUT2D eigenvalue weighted by atomic mass is 9.67. The average molecular weight is 871 g/mol. The molecule has 2 N–H and O–H groups in total. The Labute approximate surface area is 387 Å². The number of aromatic carboxylic acids is 2. The highest BCUT2D eigenvalue weighted by Gasteiger charge is 2.46. The van der Waals surface area contributed by atoms with Crippen LogP contribution in [0.25, 0.3) is 54.9 Å². The number of fused-ring (bicyclic) bond motifs is 5. The Kier molecular flexibility index (Phi) is 10.4. The van der Waals surface area contributed by atoms with Gasteiger partial charge in [-0.1, -0.05) is 158 Å². The maximum absolute atomic E-state index is 11.6. The fourth-order valence-electron chi connectivity index (χ4n) is 9.78. The summed E-state index contributed by atoms with van der Waals surface area (Å²) in [6, 6.07) is 73.8. The molecule has 0 bridgehead atoms. The predicted molar refractivity (Wildman–Crippen MR) is 265 cm³/mol. The van der Waals surface area contributed by atoms with Crippen LogP contribution in [0.2, 0.25) is 0 Å². The highest BCUT2D eigenvalue weighted by molar-refractivity contribution is 5.93. The minimum absolute atomic E-state index is 0.225. The Hall–Kier alpha value is -8.74. The van der Waals surface area contributed by atoms with E-state index in [9.17, 15) is 19.8 Å². The van der Waals surface area contributed by atoms with E-state index < -0.39 is 17.4 Å². The van der Waals surface area contributed by atoms with E-state index in [2.05, 4.69) is 158 Å². The molecule has 0 atom stereocenters. The van der Waals surface area contributed by atoms with Crippen LogP contribution in [0, 0.1) is 0 Å². The van der Waals surface area contributed by atoms with Crippen molar-refractivity contribution in [3.05, 3.63) is 263 Å². The molecular formula is C61H42O6.